The molecular weight excluding hydrogens is 212 g/mol. The predicted molar refractivity (Wildman–Crippen MR) is 69.9 cm³/mol. The normalized spacial score (nSPS) is 41.0. The lowest BCUT2D eigenvalue weighted by molar-refractivity contribution is 0.0550. The van der Waals surface area contributed by atoms with Crippen molar-refractivity contribution < 1.29 is 0 Å². The second-order valence-electron chi connectivity index (χ2n) is 5.76. The van der Waals surface area contributed by atoms with E-state index >= 15 is 0 Å². The molecule has 0 aromatic rings. The van der Waals surface area contributed by atoms with Gasteiger partial charge in [0.1, 0.15) is 0 Å². The maximum absolute atomic E-state index is 6.03. The molecule has 0 saturated carbocycles. The van der Waals surface area contributed by atoms with Gasteiger partial charge in [0.15, 0.2) is 5.96 Å². The Labute approximate surface area is 103 Å². The summed E-state index contributed by atoms with van der Waals surface area (Å²) in [5.74, 6) is 0.717. The first-order valence-corrected chi connectivity index (χ1v) is 6.57. The largest absolute Gasteiger partial charge is 0.370 e. The Morgan fingerprint density at radius 3 is 2.71 bits per heavy atom. The van der Waals surface area contributed by atoms with Crippen molar-refractivity contribution in [1.82, 2.24) is 9.80 Å². The first-order chi connectivity index (χ1) is 8.16. The number of guanidine groups is 1. The lowest BCUT2D eigenvalue weighted by atomic mass is 9.82. The van der Waals surface area contributed by atoms with Gasteiger partial charge in [0, 0.05) is 18.6 Å². The average molecular weight is 234 g/mol. The van der Waals surface area contributed by atoms with Crippen LogP contribution in [0.1, 0.15) is 25.7 Å². The molecule has 17 heavy (non-hydrogen) atoms. The van der Waals surface area contributed by atoms with Gasteiger partial charge in [-0.3, -0.25) is 4.99 Å². The minimum absolute atomic E-state index is 0.191. The van der Waals surface area contributed by atoms with Crippen LogP contribution in [0.3, 0.4) is 0 Å². The summed E-state index contributed by atoms with van der Waals surface area (Å²) >= 11 is 0. The Morgan fingerprint density at radius 1 is 1.47 bits per heavy atom. The Bertz CT molecular complexity index is 348. The minimum atomic E-state index is 0.191. The van der Waals surface area contributed by atoms with Gasteiger partial charge in [0.2, 0.25) is 0 Å². The quantitative estimate of drug-likeness (QED) is 0.719. The Morgan fingerprint density at radius 2 is 2.12 bits per heavy atom. The van der Waals surface area contributed by atoms with Crippen molar-refractivity contribution >= 4 is 5.96 Å². The van der Waals surface area contributed by atoms with E-state index in [0.29, 0.717) is 5.96 Å². The molecule has 0 amide bonds. The lowest BCUT2D eigenvalue weighted by Crippen LogP contribution is -2.59. The maximum Gasteiger partial charge on any atom is 0.192 e. The van der Waals surface area contributed by atoms with Crippen LogP contribution in [-0.4, -0.2) is 53.5 Å². The van der Waals surface area contributed by atoms with Crippen molar-refractivity contribution in [3.05, 3.63) is 12.7 Å². The number of nitrogens with two attached hydrogens (primary N) is 1. The van der Waals surface area contributed by atoms with Crippen molar-refractivity contribution in [3.8, 4) is 0 Å². The molecule has 2 atom stereocenters. The molecular formula is C13H22N4. The molecule has 3 aliphatic rings. The zero-order valence-corrected chi connectivity index (χ0v) is 10.6. The molecule has 0 aliphatic carbocycles. The second kappa shape index (κ2) is 3.73. The van der Waals surface area contributed by atoms with Gasteiger partial charge in [-0.15, -0.1) is 6.58 Å². The molecule has 3 rings (SSSR count). The number of hydrogen-bond donors (Lipinski definition) is 1. The molecule has 0 aromatic carbocycles. The number of rotatable bonds is 2. The van der Waals surface area contributed by atoms with E-state index in [2.05, 4.69) is 28.4 Å². The van der Waals surface area contributed by atoms with Crippen molar-refractivity contribution in [2.24, 2.45) is 10.7 Å². The molecule has 2 bridgehead atoms. The molecule has 2 N–H and O–H groups in total. The first kappa shape index (κ1) is 11.1. The highest BCUT2D eigenvalue weighted by Gasteiger charge is 2.52. The second-order valence-corrected chi connectivity index (χ2v) is 5.76. The molecule has 0 radical (unpaired) electrons. The molecule has 94 valence electrons. The Kier molecular flexibility index (Phi) is 2.43. The monoisotopic (exact) mass is 234 g/mol. The zero-order valence-electron chi connectivity index (χ0n) is 10.6. The van der Waals surface area contributed by atoms with Crippen LogP contribution in [0.25, 0.3) is 0 Å². The van der Waals surface area contributed by atoms with Gasteiger partial charge < -0.3 is 15.5 Å². The van der Waals surface area contributed by atoms with Gasteiger partial charge in [-0.1, -0.05) is 6.08 Å². The number of piperidine rings is 1. The Hall–Kier alpha value is -1.03. The SMILES string of the molecule is C=CCN1C(N)=NCC12CC1CCC(C2)N1C. The van der Waals surface area contributed by atoms with Gasteiger partial charge in [-0.05, 0) is 32.7 Å². The van der Waals surface area contributed by atoms with Crippen LogP contribution in [0.5, 0.6) is 0 Å². The van der Waals surface area contributed by atoms with Gasteiger partial charge in [-0.25, -0.2) is 0 Å². The molecule has 0 aromatic heterocycles. The van der Waals surface area contributed by atoms with E-state index in [1.807, 2.05) is 6.08 Å². The average Bonchev–Trinajstić information content (AvgIpc) is 2.71. The number of fused-ring (bicyclic) bond motifs is 2. The van der Waals surface area contributed by atoms with Gasteiger partial charge in [-0.2, -0.15) is 0 Å². The van der Waals surface area contributed by atoms with E-state index < -0.39 is 0 Å². The van der Waals surface area contributed by atoms with Gasteiger partial charge in [0.25, 0.3) is 0 Å². The van der Waals surface area contributed by atoms with Crippen molar-refractivity contribution in [3.63, 3.8) is 0 Å². The smallest absolute Gasteiger partial charge is 0.192 e. The fraction of sp³-hybridized carbons (Fsp3) is 0.769. The molecule has 2 fully saturated rings. The third kappa shape index (κ3) is 1.50. The van der Waals surface area contributed by atoms with Crippen molar-refractivity contribution in [1.29, 1.82) is 0 Å². The van der Waals surface area contributed by atoms with Crippen LogP contribution in [0.2, 0.25) is 0 Å². The predicted octanol–water partition coefficient (Wildman–Crippen LogP) is 0.798. The molecule has 3 aliphatic heterocycles. The van der Waals surface area contributed by atoms with E-state index in [1.54, 1.807) is 0 Å². The summed E-state index contributed by atoms with van der Waals surface area (Å²) in [6.45, 7) is 5.56. The molecule has 2 saturated heterocycles. The molecule has 3 heterocycles. The fourth-order valence-electron chi connectivity index (χ4n) is 3.95. The maximum atomic E-state index is 6.03. The lowest BCUT2D eigenvalue weighted by Gasteiger charge is -2.48. The summed E-state index contributed by atoms with van der Waals surface area (Å²) < 4.78 is 0. The number of aliphatic imine (C=N–C) groups is 1. The topological polar surface area (TPSA) is 44.9 Å². The summed E-state index contributed by atoms with van der Waals surface area (Å²) in [5.41, 5.74) is 6.22. The molecule has 4 nitrogen and oxygen atoms in total. The fourth-order valence-corrected chi connectivity index (χ4v) is 3.95. The zero-order chi connectivity index (χ0) is 12.0. The highest BCUT2D eigenvalue weighted by atomic mass is 15.4. The van der Waals surface area contributed by atoms with Crippen LogP contribution >= 0.6 is 0 Å². The van der Waals surface area contributed by atoms with Crippen LogP contribution < -0.4 is 5.73 Å². The third-order valence-electron chi connectivity index (χ3n) is 4.91. The van der Waals surface area contributed by atoms with Crippen LogP contribution in [-0.2, 0) is 0 Å². The van der Waals surface area contributed by atoms with E-state index in [-0.39, 0.29) is 5.54 Å². The van der Waals surface area contributed by atoms with Crippen LogP contribution in [0.4, 0.5) is 0 Å². The minimum Gasteiger partial charge on any atom is -0.370 e. The van der Waals surface area contributed by atoms with Crippen LogP contribution in [0.15, 0.2) is 17.6 Å². The number of hydrogen-bond acceptors (Lipinski definition) is 4. The van der Waals surface area contributed by atoms with E-state index in [0.717, 1.165) is 25.2 Å². The molecule has 1 spiro atoms. The summed E-state index contributed by atoms with van der Waals surface area (Å²) in [6.07, 6.45) is 7.03. The van der Waals surface area contributed by atoms with Gasteiger partial charge >= 0.3 is 0 Å². The molecule has 4 heteroatoms. The van der Waals surface area contributed by atoms with Crippen molar-refractivity contribution in [2.45, 2.75) is 43.3 Å². The summed E-state index contributed by atoms with van der Waals surface area (Å²) in [6, 6.07) is 1.45. The van der Waals surface area contributed by atoms with Crippen LogP contribution in [0, 0.1) is 0 Å². The van der Waals surface area contributed by atoms with Crippen molar-refractivity contribution in [2.75, 3.05) is 20.1 Å². The standard InChI is InChI=1S/C13H22N4/c1-3-6-17-12(14)15-9-13(17)7-10-4-5-11(8-13)16(10)2/h3,10-11H,1,4-9H2,2H3,(H2,14,15). The Balaban J connectivity index is 1.86. The van der Waals surface area contributed by atoms with E-state index in [9.17, 15) is 0 Å². The van der Waals surface area contributed by atoms with E-state index in [1.165, 1.54) is 25.7 Å². The molecule has 2 unspecified atom stereocenters. The van der Waals surface area contributed by atoms with Gasteiger partial charge in [0.05, 0.1) is 12.1 Å². The summed E-state index contributed by atoms with van der Waals surface area (Å²) in [5, 5.41) is 0. The van der Waals surface area contributed by atoms with E-state index in [4.69, 9.17) is 5.73 Å². The first-order valence-electron chi connectivity index (χ1n) is 6.57. The summed E-state index contributed by atoms with van der Waals surface area (Å²) in [4.78, 5) is 9.34. The number of nitrogens with zero attached hydrogens (tertiary/aromatic N) is 3. The highest BCUT2D eigenvalue weighted by molar-refractivity contribution is 5.81. The third-order valence-corrected chi connectivity index (χ3v) is 4.91. The highest BCUT2D eigenvalue weighted by Crippen LogP contribution is 2.44. The summed E-state index contributed by atoms with van der Waals surface area (Å²) in [7, 11) is 2.27.